The van der Waals surface area contributed by atoms with E-state index in [2.05, 4.69) is 6.58 Å². The fourth-order valence-electron chi connectivity index (χ4n) is 1.02. The van der Waals surface area contributed by atoms with E-state index in [1.54, 1.807) is 6.92 Å². The van der Waals surface area contributed by atoms with Gasteiger partial charge in [-0.1, -0.05) is 20.4 Å². The highest BCUT2D eigenvalue weighted by Crippen LogP contribution is 2.18. The van der Waals surface area contributed by atoms with E-state index in [4.69, 9.17) is 9.47 Å². The molecule has 18 heavy (non-hydrogen) atoms. The maximum absolute atomic E-state index is 11.2. The number of carbonyl (C=O) groups is 2. The third kappa shape index (κ3) is 7.97. The number of Topliss-reactive ketones (excluding diaryl/α,β-unsaturated/α-hetero) is 1. The Kier molecular flexibility index (Phi) is 6.80. The van der Waals surface area contributed by atoms with Gasteiger partial charge >= 0.3 is 5.97 Å². The lowest BCUT2D eigenvalue weighted by molar-refractivity contribution is -0.152. The maximum Gasteiger partial charge on any atom is 0.313 e. The summed E-state index contributed by atoms with van der Waals surface area (Å²) in [6.07, 6.45) is -1.23. The van der Waals surface area contributed by atoms with Crippen LogP contribution in [0, 0.1) is 5.41 Å². The monoisotopic (exact) mass is 258 g/mol. The normalized spacial score (nSPS) is 12.9. The molecule has 0 aromatic heterocycles. The Morgan fingerprint density at radius 1 is 1.28 bits per heavy atom. The lowest BCUT2D eigenvalue weighted by Crippen LogP contribution is -2.30. The highest BCUT2D eigenvalue weighted by atomic mass is 16.6. The molecule has 0 bridgehead atoms. The van der Waals surface area contributed by atoms with E-state index in [9.17, 15) is 14.7 Å². The average molecular weight is 258 g/mol. The number of aliphatic hydroxyl groups is 1. The Balaban J connectivity index is 4.03. The Bertz CT molecular complexity index is 319. The van der Waals surface area contributed by atoms with Gasteiger partial charge in [-0.05, 0) is 19.4 Å². The second-order valence-corrected chi connectivity index (χ2v) is 5.21. The van der Waals surface area contributed by atoms with Crippen molar-refractivity contribution in [2.75, 3.05) is 13.2 Å². The molecule has 0 saturated heterocycles. The van der Waals surface area contributed by atoms with Gasteiger partial charge in [-0.2, -0.15) is 0 Å². The molecule has 0 fully saturated rings. The molecule has 5 nitrogen and oxygen atoms in total. The first-order chi connectivity index (χ1) is 8.14. The minimum absolute atomic E-state index is 0.127. The van der Waals surface area contributed by atoms with Crippen LogP contribution in [0.2, 0.25) is 0 Å². The first-order valence-electron chi connectivity index (χ1n) is 5.74. The second-order valence-electron chi connectivity index (χ2n) is 5.21. The maximum atomic E-state index is 11.2. The standard InChI is InChI=1S/C13H22O5/c1-9(2)12(16)18-8-13(4,5)7-17-11(15)6-10(3)14/h12,16H,1,6-8H2,2-5H3. The number of esters is 1. The van der Waals surface area contributed by atoms with Crippen LogP contribution in [-0.2, 0) is 19.1 Å². The van der Waals surface area contributed by atoms with Crippen molar-refractivity contribution in [1.29, 1.82) is 0 Å². The smallest absolute Gasteiger partial charge is 0.313 e. The number of aliphatic hydroxyl groups excluding tert-OH is 1. The molecule has 0 saturated carbocycles. The quantitative estimate of drug-likeness (QED) is 0.309. The first-order valence-corrected chi connectivity index (χ1v) is 5.74. The molecule has 0 rings (SSSR count). The highest BCUT2D eigenvalue weighted by molar-refractivity contribution is 5.94. The van der Waals surface area contributed by atoms with Gasteiger partial charge in [0.05, 0.1) is 13.2 Å². The molecule has 0 spiro atoms. The third-order valence-corrected chi connectivity index (χ3v) is 2.07. The van der Waals surface area contributed by atoms with Crippen LogP contribution in [0.1, 0.15) is 34.1 Å². The molecule has 0 amide bonds. The van der Waals surface area contributed by atoms with Crippen molar-refractivity contribution < 1.29 is 24.2 Å². The molecule has 0 aliphatic carbocycles. The van der Waals surface area contributed by atoms with Gasteiger partial charge in [0.15, 0.2) is 6.29 Å². The zero-order valence-electron chi connectivity index (χ0n) is 11.5. The van der Waals surface area contributed by atoms with Crippen molar-refractivity contribution in [2.24, 2.45) is 5.41 Å². The van der Waals surface area contributed by atoms with Crippen molar-refractivity contribution in [3.05, 3.63) is 12.2 Å². The zero-order valence-corrected chi connectivity index (χ0v) is 11.5. The van der Waals surface area contributed by atoms with Gasteiger partial charge in [-0.25, -0.2) is 0 Å². The number of ether oxygens (including phenoxy) is 2. The van der Waals surface area contributed by atoms with Crippen molar-refractivity contribution >= 4 is 11.8 Å². The largest absolute Gasteiger partial charge is 0.465 e. The Morgan fingerprint density at radius 2 is 1.83 bits per heavy atom. The number of hydrogen-bond donors (Lipinski definition) is 1. The van der Waals surface area contributed by atoms with Gasteiger partial charge in [-0.3, -0.25) is 9.59 Å². The summed E-state index contributed by atoms with van der Waals surface area (Å²) in [6, 6.07) is 0. The number of carbonyl (C=O) groups excluding carboxylic acids is 2. The highest BCUT2D eigenvalue weighted by Gasteiger charge is 2.23. The summed E-state index contributed by atoms with van der Waals surface area (Å²) in [5.41, 5.74) is 0.0717. The van der Waals surface area contributed by atoms with Gasteiger partial charge in [0.25, 0.3) is 0 Å². The summed E-state index contributed by atoms with van der Waals surface area (Å²) in [4.78, 5) is 21.9. The van der Waals surface area contributed by atoms with Gasteiger partial charge < -0.3 is 14.6 Å². The van der Waals surface area contributed by atoms with Crippen LogP contribution in [0.15, 0.2) is 12.2 Å². The Labute approximate surface area is 108 Å². The lowest BCUT2D eigenvalue weighted by Gasteiger charge is -2.25. The first kappa shape index (κ1) is 16.8. The molecule has 0 aromatic rings. The molecule has 0 aromatic carbocycles. The van der Waals surface area contributed by atoms with E-state index in [1.807, 2.05) is 13.8 Å². The molecule has 0 heterocycles. The summed E-state index contributed by atoms with van der Waals surface area (Å²) in [6.45, 7) is 10.6. The number of rotatable bonds is 8. The van der Waals surface area contributed by atoms with Crippen molar-refractivity contribution in [3.63, 3.8) is 0 Å². The second kappa shape index (κ2) is 7.28. The zero-order chi connectivity index (χ0) is 14.3. The summed E-state index contributed by atoms with van der Waals surface area (Å²) >= 11 is 0. The Morgan fingerprint density at radius 3 is 2.28 bits per heavy atom. The lowest BCUT2D eigenvalue weighted by atomic mass is 9.96. The minimum Gasteiger partial charge on any atom is -0.465 e. The van der Waals surface area contributed by atoms with E-state index in [0.717, 1.165) is 0 Å². The SMILES string of the molecule is C=C(C)C(O)OCC(C)(C)COC(=O)CC(C)=O. The third-order valence-electron chi connectivity index (χ3n) is 2.07. The van der Waals surface area contributed by atoms with E-state index >= 15 is 0 Å². The van der Waals surface area contributed by atoms with Crippen LogP contribution >= 0.6 is 0 Å². The summed E-state index contributed by atoms with van der Waals surface area (Å²) in [7, 11) is 0. The average Bonchev–Trinajstić information content (AvgIpc) is 2.22. The Hall–Kier alpha value is -1.20. The molecule has 0 aliphatic heterocycles. The van der Waals surface area contributed by atoms with Gasteiger partial charge in [0, 0.05) is 5.41 Å². The van der Waals surface area contributed by atoms with Crippen molar-refractivity contribution in [3.8, 4) is 0 Å². The van der Waals surface area contributed by atoms with Gasteiger partial charge in [0.2, 0.25) is 0 Å². The molecule has 104 valence electrons. The van der Waals surface area contributed by atoms with Crippen molar-refractivity contribution in [1.82, 2.24) is 0 Å². The van der Waals surface area contributed by atoms with Crippen LogP contribution < -0.4 is 0 Å². The molecular formula is C13H22O5. The van der Waals surface area contributed by atoms with Gasteiger partial charge in [0.1, 0.15) is 12.2 Å². The summed E-state index contributed by atoms with van der Waals surface area (Å²) in [5.74, 6) is -0.775. The summed E-state index contributed by atoms with van der Waals surface area (Å²) in [5, 5.41) is 9.41. The minimum atomic E-state index is -1.02. The molecule has 1 atom stereocenters. The van der Waals surface area contributed by atoms with E-state index in [0.29, 0.717) is 5.57 Å². The molecule has 5 heteroatoms. The van der Waals surface area contributed by atoms with E-state index < -0.39 is 17.7 Å². The van der Waals surface area contributed by atoms with Crippen molar-refractivity contribution in [2.45, 2.75) is 40.4 Å². The topological polar surface area (TPSA) is 72.8 Å². The van der Waals surface area contributed by atoms with Crippen LogP contribution in [0.25, 0.3) is 0 Å². The van der Waals surface area contributed by atoms with Crippen LogP contribution in [0.4, 0.5) is 0 Å². The molecular weight excluding hydrogens is 236 g/mol. The van der Waals surface area contributed by atoms with Crippen LogP contribution in [-0.4, -0.2) is 36.4 Å². The predicted octanol–water partition coefficient (Wildman–Crippen LogP) is 1.45. The van der Waals surface area contributed by atoms with E-state index in [-0.39, 0.29) is 25.4 Å². The van der Waals surface area contributed by atoms with E-state index in [1.165, 1.54) is 6.92 Å². The molecule has 1 unspecified atom stereocenters. The fraction of sp³-hybridized carbons (Fsp3) is 0.692. The molecule has 0 aliphatic rings. The molecule has 1 N–H and O–H groups in total. The van der Waals surface area contributed by atoms with Crippen LogP contribution in [0.5, 0.6) is 0 Å². The van der Waals surface area contributed by atoms with Gasteiger partial charge in [-0.15, -0.1) is 0 Å². The predicted molar refractivity (Wildman–Crippen MR) is 66.8 cm³/mol. The fourth-order valence-corrected chi connectivity index (χ4v) is 1.02. The number of ketones is 1. The van der Waals surface area contributed by atoms with Crippen LogP contribution in [0.3, 0.4) is 0 Å². The number of hydrogen-bond acceptors (Lipinski definition) is 5. The molecule has 0 radical (unpaired) electrons. The summed E-state index contributed by atoms with van der Waals surface area (Å²) < 4.78 is 10.1.